The van der Waals surface area contributed by atoms with Crippen molar-refractivity contribution in [3.05, 3.63) is 36.0 Å². The largest absolute Gasteiger partial charge is 0.477 e. The van der Waals surface area contributed by atoms with E-state index >= 15 is 0 Å². The molecule has 102 valence electrons. The molecule has 4 rings (SSSR count). The summed E-state index contributed by atoms with van der Waals surface area (Å²) in [6.07, 6.45) is 3.74. The number of benzene rings is 1. The van der Waals surface area contributed by atoms with Gasteiger partial charge in [0, 0.05) is 18.0 Å². The van der Waals surface area contributed by atoms with E-state index < -0.39 is 5.97 Å². The zero-order valence-corrected chi connectivity index (χ0v) is 11.1. The molecule has 2 aliphatic rings. The van der Waals surface area contributed by atoms with Crippen molar-refractivity contribution < 1.29 is 9.90 Å². The van der Waals surface area contributed by atoms with Gasteiger partial charge in [0.25, 0.3) is 0 Å². The Balaban J connectivity index is 1.90. The van der Waals surface area contributed by atoms with Gasteiger partial charge in [-0.15, -0.1) is 0 Å². The van der Waals surface area contributed by atoms with E-state index in [-0.39, 0.29) is 5.69 Å². The molecule has 20 heavy (non-hydrogen) atoms. The average Bonchev–Trinajstić information content (AvgIpc) is 3.08. The lowest BCUT2D eigenvalue weighted by Gasteiger charge is -2.29. The van der Waals surface area contributed by atoms with Crippen LogP contribution in [-0.2, 0) is 0 Å². The Kier molecular flexibility index (Phi) is 2.46. The Morgan fingerprint density at radius 2 is 2.15 bits per heavy atom. The van der Waals surface area contributed by atoms with Gasteiger partial charge in [-0.2, -0.15) is 0 Å². The van der Waals surface area contributed by atoms with E-state index in [1.54, 1.807) is 6.07 Å². The number of fused-ring (bicyclic) bond motifs is 3. The maximum absolute atomic E-state index is 11.3. The molecule has 0 amide bonds. The number of anilines is 1. The smallest absolute Gasteiger partial charge is 0.354 e. The van der Waals surface area contributed by atoms with E-state index in [0.29, 0.717) is 6.04 Å². The Hall–Kier alpha value is -2.10. The number of aromatic nitrogens is 1. The summed E-state index contributed by atoms with van der Waals surface area (Å²) in [6.45, 7) is 1.02. The third-order valence-corrected chi connectivity index (χ3v) is 4.62. The molecule has 0 radical (unpaired) electrons. The molecule has 2 unspecified atom stereocenters. The average molecular weight is 268 g/mol. The Labute approximate surface area is 117 Å². The molecule has 1 aliphatic carbocycles. The summed E-state index contributed by atoms with van der Waals surface area (Å²) < 4.78 is 0. The highest BCUT2D eigenvalue weighted by Gasteiger charge is 2.39. The van der Waals surface area contributed by atoms with Gasteiger partial charge in [-0.3, -0.25) is 0 Å². The van der Waals surface area contributed by atoms with Crippen LogP contribution in [0.5, 0.6) is 0 Å². The molecule has 2 bridgehead atoms. The van der Waals surface area contributed by atoms with E-state index in [9.17, 15) is 9.90 Å². The van der Waals surface area contributed by atoms with Gasteiger partial charge in [0.15, 0.2) is 5.69 Å². The van der Waals surface area contributed by atoms with Gasteiger partial charge in [-0.1, -0.05) is 24.3 Å². The molecular formula is C16H16N2O2. The minimum Gasteiger partial charge on any atom is -0.477 e. The number of carbonyl (C=O) groups is 1. The number of carboxylic acid groups (broad SMARTS) is 1. The first-order valence-corrected chi connectivity index (χ1v) is 7.12. The first kappa shape index (κ1) is 11.7. The monoisotopic (exact) mass is 268 g/mol. The second kappa shape index (κ2) is 4.20. The molecule has 1 saturated carbocycles. The fourth-order valence-corrected chi connectivity index (χ4v) is 3.69. The van der Waals surface area contributed by atoms with Gasteiger partial charge in [0.1, 0.15) is 5.82 Å². The number of rotatable bonds is 2. The lowest BCUT2D eigenvalue weighted by atomic mass is 10.1. The summed E-state index contributed by atoms with van der Waals surface area (Å²) in [5, 5.41) is 11.3. The number of carboxylic acids is 1. The zero-order valence-electron chi connectivity index (χ0n) is 11.1. The molecule has 2 fully saturated rings. The van der Waals surface area contributed by atoms with Crippen molar-refractivity contribution in [1.29, 1.82) is 0 Å². The van der Waals surface area contributed by atoms with Gasteiger partial charge < -0.3 is 10.0 Å². The number of piperidine rings is 1. The van der Waals surface area contributed by atoms with Crippen LogP contribution in [0.1, 0.15) is 29.8 Å². The Bertz CT molecular complexity index is 698. The number of aromatic carboxylic acids is 1. The van der Waals surface area contributed by atoms with E-state index in [1.165, 1.54) is 19.3 Å². The van der Waals surface area contributed by atoms with E-state index in [1.807, 2.05) is 24.3 Å². The predicted octanol–water partition coefficient (Wildman–Crippen LogP) is 2.92. The number of nitrogens with zero attached hydrogens (tertiary/aromatic N) is 2. The maximum atomic E-state index is 11.3. The normalized spacial score (nSPS) is 24.5. The SMILES string of the molecule is O=C(O)c1cc2ccccc2c(N2CC3CCC2C3)n1. The third kappa shape index (κ3) is 1.68. The van der Waals surface area contributed by atoms with Crippen LogP contribution in [0.25, 0.3) is 10.8 Å². The van der Waals surface area contributed by atoms with Crippen LogP contribution < -0.4 is 4.90 Å². The molecule has 2 heterocycles. The van der Waals surface area contributed by atoms with Gasteiger partial charge in [-0.05, 0) is 36.6 Å². The van der Waals surface area contributed by atoms with Crippen LogP contribution in [0.2, 0.25) is 0 Å². The maximum Gasteiger partial charge on any atom is 0.354 e. The molecule has 4 nitrogen and oxygen atoms in total. The van der Waals surface area contributed by atoms with Gasteiger partial charge >= 0.3 is 5.97 Å². The quantitative estimate of drug-likeness (QED) is 0.910. The van der Waals surface area contributed by atoms with Crippen LogP contribution in [0, 0.1) is 5.92 Å². The second-order valence-electron chi connectivity index (χ2n) is 5.84. The van der Waals surface area contributed by atoms with Crippen molar-refractivity contribution in [2.45, 2.75) is 25.3 Å². The van der Waals surface area contributed by atoms with Crippen molar-refractivity contribution in [3.8, 4) is 0 Å². The standard InChI is InChI=1S/C16H16N2O2/c19-16(20)14-8-11-3-1-2-4-13(11)15(17-14)18-9-10-5-6-12(18)7-10/h1-4,8,10,12H,5-7,9H2,(H,19,20). The molecule has 1 aromatic carbocycles. The molecule has 1 aromatic heterocycles. The fraction of sp³-hybridized carbons (Fsp3) is 0.375. The molecule has 0 spiro atoms. The van der Waals surface area contributed by atoms with Crippen molar-refractivity contribution >= 4 is 22.6 Å². The lowest BCUT2D eigenvalue weighted by molar-refractivity contribution is 0.0691. The summed E-state index contributed by atoms with van der Waals surface area (Å²) in [6, 6.07) is 10.1. The number of hydrogen-bond donors (Lipinski definition) is 1. The highest BCUT2D eigenvalue weighted by molar-refractivity contribution is 5.98. The van der Waals surface area contributed by atoms with Gasteiger partial charge in [0.05, 0.1) is 0 Å². The third-order valence-electron chi connectivity index (χ3n) is 4.62. The summed E-state index contributed by atoms with van der Waals surface area (Å²) in [7, 11) is 0. The van der Waals surface area contributed by atoms with Crippen molar-refractivity contribution in [2.24, 2.45) is 5.92 Å². The summed E-state index contributed by atoms with van der Waals surface area (Å²) in [5.74, 6) is 0.656. The molecule has 1 N–H and O–H groups in total. The molecular weight excluding hydrogens is 252 g/mol. The van der Waals surface area contributed by atoms with E-state index in [0.717, 1.165) is 29.1 Å². The second-order valence-corrected chi connectivity index (χ2v) is 5.84. The van der Waals surface area contributed by atoms with E-state index in [2.05, 4.69) is 9.88 Å². The van der Waals surface area contributed by atoms with Gasteiger partial charge in [-0.25, -0.2) is 9.78 Å². The lowest BCUT2D eigenvalue weighted by Crippen LogP contribution is -2.33. The highest BCUT2D eigenvalue weighted by atomic mass is 16.4. The van der Waals surface area contributed by atoms with Crippen LogP contribution >= 0.6 is 0 Å². The van der Waals surface area contributed by atoms with Crippen LogP contribution in [0.15, 0.2) is 30.3 Å². The van der Waals surface area contributed by atoms with Crippen molar-refractivity contribution in [2.75, 3.05) is 11.4 Å². The van der Waals surface area contributed by atoms with Crippen molar-refractivity contribution in [1.82, 2.24) is 4.98 Å². The Morgan fingerprint density at radius 1 is 1.30 bits per heavy atom. The summed E-state index contributed by atoms with van der Waals surface area (Å²) in [4.78, 5) is 18.0. The minimum atomic E-state index is -0.957. The molecule has 2 atom stereocenters. The zero-order chi connectivity index (χ0) is 13.7. The number of hydrogen-bond acceptors (Lipinski definition) is 3. The first-order valence-electron chi connectivity index (χ1n) is 7.12. The topological polar surface area (TPSA) is 53.4 Å². The van der Waals surface area contributed by atoms with Gasteiger partial charge in [0.2, 0.25) is 0 Å². The Morgan fingerprint density at radius 3 is 2.85 bits per heavy atom. The highest BCUT2D eigenvalue weighted by Crippen LogP contribution is 2.41. The number of pyridine rings is 1. The van der Waals surface area contributed by atoms with Crippen molar-refractivity contribution in [3.63, 3.8) is 0 Å². The van der Waals surface area contributed by atoms with Crippen LogP contribution in [0.4, 0.5) is 5.82 Å². The van der Waals surface area contributed by atoms with E-state index in [4.69, 9.17) is 0 Å². The molecule has 1 saturated heterocycles. The molecule has 2 aromatic rings. The summed E-state index contributed by atoms with van der Waals surface area (Å²) in [5.41, 5.74) is 0.140. The fourth-order valence-electron chi connectivity index (χ4n) is 3.69. The van der Waals surface area contributed by atoms with Crippen LogP contribution in [0.3, 0.4) is 0 Å². The molecule has 4 heteroatoms. The van der Waals surface area contributed by atoms with Crippen LogP contribution in [-0.4, -0.2) is 28.6 Å². The summed E-state index contributed by atoms with van der Waals surface area (Å²) >= 11 is 0. The first-order chi connectivity index (χ1) is 9.72. The molecule has 1 aliphatic heterocycles. The predicted molar refractivity (Wildman–Crippen MR) is 77.2 cm³/mol. The minimum absolute atomic E-state index is 0.140.